The van der Waals surface area contributed by atoms with E-state index < -0.39 is 30.6 Å². The second-order valence-electron chi connectivity index (χ2n) is 4.74. The lowest BCUT2D eigenvalue weighted by Crippen LogP contribution is -2.06. The maximum absolute atomic E-state index is 10.5. The molecule has 2 rings (SSSR count). The third-order valence-corrected chi connectivity index (χ3v) is 4.37. The largest absolute Gasteiger partial charge is 0.394 e. The summed E-state index contributed by atoms with van der Waals surface area (Å²) in [6.45, 7) is 0. The van der Waals surface area contributed by atoms with Gasteiger partial charge in [0.1, 0.15) is 0 Å². The summed E-state index contributed by atoms with van der Waals surface area (Å²) in [7, 11) is -12.9. The van der Waals surface area contributed by atoms with Crippen molar-refractivity contribution in [2.45, 2.75) is 9.79 Å². The van der Waals surface area contributed by atoms with Crippen LogP contribution in [0.25, 0.3) is 0 Å². The van der Waals surface area contributed by atoms with Crippen LogP contribution in [0.1, 0.15) is 0 Å². The van der Waals surface area contributed by atoms with E-state index in [0.29, 0.717) is 11.4 Å². The molecule has 164 valence electrons. The molecule has 0 amide bonds. The lowest BCUT2D eigenvalue weighted by atomic mass is 10.3. The molecule has 2 aromatic rings. The van der Waals surface area contributed by atoms with Gasteiger partial charge in [0.15, 0.2) is 0 Å². The normalized spacial score (nSPS) is 11.2. The predicted octanol–water partition coefficient (Wildman–Crippen LogP) is -0.215. The minimum atomic E-state index is -4.67. The first kappa shape index (κ1) is 26.6. The van der Waals surface area contributed by atoms with Gasteiger partial charge in [-0.1, -0.05) is 0 Å². The monoisotopic (exact) mass is 474 g/mol. The Morgan fingerprint density at radius 3 is 0.897 bits per heavy atom. The van der Waals surface area contributed by atoms with Crippen LogP contribution >= 0.6 is 0 Å². The zero-order valence-electron chi connectivity index (χ0n) is 14.2. The molecule has 0 aliphatic carbocycles. The van der Waals surface area contributed by atoms with Gasteiger partial charge in [0.25, 0.3) is 20.2 Å². The van der Waals surface area contributed by atoms with E-state index in [1.54, 1.807) is 0 Å². The fourth-order valence-corrected chi connectivity index (χ4v) is 2.41. The third kappa shape index (κ3) is 12.7. The second kappa shape index (κ2) is 11.0. The lowest BCUT2D eigenvalue weighted by molar-refractivity contribution is 0.380. The Kier molecular flexibility index (Phi) is 10.1. The van der Waals surface area contributed by atoms with Crippen molar-refractivity contribution in [3.05, 3.63) is 48.5 Å². The molecule has 0 fully saturated rings. The summed E-state index contributed by atoms with van der Waals surface area (Å²) in [5, 5.41) is 0. The van der Waals surface area contributed by atoms with Gasteiger partial charge < -0.3 is 10.9 Å². The molecule has 0 aromatic heterocycles. The average Bonchev–Trinajstić information content (AvgIpc) is 2.59. The van der Waals surface area contributed by atoms with Gasteiger partial charge >= 0.3 is 10.4 Å². The fraction of sp³-hybridized carbons (Fsp3) is 0. The van der Waals surface area contributed by atoms with Crippen molar-refractivity contribution < 1.29 is 43.5 Å². The van der Waals surface area contributed by atoms with Crippen LogP contribution in [-0.4, -0.2) is 43.5 Å². The number of hydrogen-bond acceptors (Lipinski definition) is 10. The van der Waals surface area contributed by atoms with E-state index in [-0.39, 0.29) is 9.79 Å². The number of rotatable bonds is 4. The number of hydrogen-bond donors (Lipinski definition) is 8. The Hall–Kier alpha value is -2.35. The Labute approximate surface area is 166 Å². The Bertz CT molecular complexity index is 1000. The van der Waals surface area contributed by atoms with Gasteiger partial charge in [0.2, 0.25) is 0 Å². The van der Waals surface area contributed by atoms with E-state index in [1.807, 2.05) is 0 Å². The highest BCUT2D eigenvalue weighted by molar-refractivity contribution is 7.86. The van der Waals surface area contributed by atoms with Crippen molar-refractivity contribution in [2.75, 3.05) is 10.9 Å². The highest BCUT2D eigenvalue weighted by Crippen LogP contribution is 2.13. The zero-order chi connectivity index (χ0) is 22.9. The van der Waals surface area contributed by atoms with Gasteiger partial charge in [-0.05, 0) is 48.5 Å². The first-order chi connectivity index (χ1) is 13.1. The molecule has 0 spiro atoms. The molecule has 0 aliphatic rings. The van der Waals surface area contributed by atoms with E-state index in [0.717, 1.165) is 0 Å². The number of nitrogens with two attached hydrogens (primary N) is 2. The van der Waals surface area contributed by atoms with Crippen LogP contribution in [0.2, 0.25) is 0 Å². The zero-order valence-corrected chi connectivity index (χ0v) is 16.7. The van der Waals surface area contributed by atoms with Gasteiger partial charge in [-0.3, -0.25) is 29.9 Å². The van der Waals surface area contributed by atoms with Gasteiger partial charge in [-0.15, -0.1) is 0 Å². The summed E-state index contributed by atoms with van der Waals surface area (Å²) >= 11 is 0. The molecule has 0 atom stereocenters. The van der Waals surface area contributed by atoms with Crippen LogP contribution in [0.3, 0.4) is 0 Å². The summed E-state index contributed by atoms with van der Waals surface area (Å²) in [5.41, 5.74) is 5.80. The minimum Gasteiger partial charge on any atom is -0.324 e. The average molecular weight is 474 g/mol. The van der Waals surface area contributed by atoms with Crippen molar-refractivity contribution in [3.8, 4) is 0 Å². The van der Waals surface area contributed by atoms with Crippen molar-refractivity contribution >= 4 is 42.0 Å². The maximum atomic E-state index is 10.5. The van der Waals surface area contributed by atoms with Crippen molar-refractivity contribution in [3.63, 3.8) is 0 Å². The van der Waals surface area contributed by atoms with E-state index in [2.05, 4.69) is 10.9 Å². The van der Waals surface area contributed by atoms with E-state index in [9.17, 15) is 16.8 Å². The molecule has 0 bridgehead atoms. The number of anilines is 2. The topological polar surface area (TPSA) is 259 Å². The smallest absolute Gasteiger partial charge is 0.324 e. The molecule has 17 heteroatoms. The van der Waals surface area contributed by atoms with Crippen LogP contribution in [0.4, 0.5) is 11.4 Å². The van der Waals surface area contributed by atoms with Crippen LogP contribution in [0.15, 0.2) is 58.3 Å². The number of hydrazine groups is 2. The standard InChI is InChI=1S/2C6H8N2O3S.H2O4S/c2*7-8-5-1-3-6(4-2-5)12(9,10)11;1-5(2,3)4/h2*1-4,8H,7H2,(H,9,10,11);(H2,1,2,3,4). The van der Waals surface area contributed by atoms with Crippen molar-refractivity contribution in [1.29, 1.82) is 0 Å². The Morgan fingerprint density at radius 2 is 0.759 bits per heavy atom. The van der Waals surface area contributed by atoms with Crippen LogP contribution in [-0.2, 0) is 30.6 Å². The molecule has 10 N–H and O–H groups in total. The molecular weight excluding hydrogens is 456 g/mol. The van der Waals surface area contributed by atoms with Crippen LogP contribution in [0, 0.1) is 0 Å². The summed E-state index contributed by atoms with van der Waals surface area (Å²) in [6.07, 6.45) is 0. The third-order valence-electron chi connectivity index (χ3n) is 2.64. The summed E-state index contributed by atoms with van der Waals surface area (Å²) in [6, 6.07) is 10.8. The van der Waals surface area contributed by atoms with Gasteiger partial charge in [-0.2, -0.15) is 25.3 Å². The Morgan fingerprint density at radius 1 is 0.552 bits per heavy atom. The highest BCUT2D eigenvalue weighted by atomic mass is 32.3. The molecular formula is C12H18N4O10S3. The van der Waals surface area contributed by atoms with Gasteiger partial charge in [0, 0.05) is 11.4 Å². The highest BCUT2D eigenvalue weighted by Gasteiger charge is 2.08. The fourth-order valence-electron chi connectivity index (χ4n) is 1.45. The first-order valence-corrected chi connectivity index (χ1v) is 11.1. The first-order valence-electron chi connectivity index (χ1n) is 6.86. The number of nitrogen functional groups attached to an aromatic ring is 2. The lowest BCUT2D eigenvalue weighted by Gasteiger charge is -1.99. The van der Waals surface area contributed by atoms with Crippen molar-refractivity contribution in [1.82, 2.24) is 0 Å². The molecule has 0 unspecified atom stereocenters. The summed E-state index contributed by atoms with van der Waals surface area (Å²) < 4.78 is 90.9. The summed E-state index contributed by atoms with van der Waals surface area (Å²) in [5.74, 6) is 10.1. The molecule has 14 nitrogen and oxygen atoms in total. The summed E-state index contributed by atoms with van der Waals surface area (Å²) in [4.78, 5) is -0.303. The van der Waals surface area contributed by atoms with Gasteiger partial charge in [0.05, 0.1) is 9.79 Å². The minimum absolute atomic E-state index is 0.151. The SMILES string of the molecule is NNc1ccc(S(=O)(=O)O)cc1.NNc1ccc(S(=O)(=O)O)cc1.O=S(=O)(O)O. The predicted molar refractivity (Wildman–Crippen MR) is 102 cm³/mol. The molecule has 0 radical (unpaired) electrons. The number of benzene rings is 2. The van der Waals surface area contributed by atoms with E-state index >= 15 is 0 Å². The molecule has 29 heavy (non-hydrogen) atoms. The molecule has 0 saturated carbocycles. The quantitative estimate of drug-likeness (QED) is 0.162. The van der Waals surface area contributed by atoms with E-state index in [4.69, 9.17) is 38.3 Å². The van der Waals surface area contributed by atoms with Crippen LogP contribution < -0.4 is 22.5 Å². The van der Waals surface area contributed by atoms with Crippen molar-refractivity contribution in [2.24, 2.45) is 11.7 Å². The molecule has 0 aliphatic heterocycles. The van der Waals surface area contributed by atoms with Crippen LogP contribution in [0.5, 0.6) is 0 Å². The van der Waals surface area contributed by atoms with E-state index in [1.165, 1.54) is 48.5 Å². The molecule has 2 aromatic carbocycles. The Balaban J connectivity index is 0.000000442. The molecule has 0 saturated heterocycles. The maximum Gasteiger partial charge on any atom is 0.394 e. The second-order valence-corrected chi connectivity index (χ2v) is 8.47. The number of nitrogens with one attached hydrogen (secondary N) is 2. The molecule has 0 heterocycles. The van der Waals surface area contributed by atoms with Gasteiger partial charge in [-0.25, -0.2) is 0 Å².